The van der Waals surface area contributed by atoms with Gasteiger partial charge in [-0.25, -0.2) is 4.98 Å². The molecule has 2 atom stereocenters. The van der Waals surface area contributed by atoms with Crippen molar-refractivity contribution in [1.82, 2.24) is 9.88 Å². The lowest BCUT2D eigenvalue weighted by molar-refractivity contribution is 0.00356. The molecule has 0 N–H and O–H groups in total. The van der Waals surface area contributed by atoms with Crippen LogP contribution in [0.5, 0.6) is 5.88 Å². The predicted octanol–water partition coefficient (Wildman–Crippen LogP) is 2.12. The monoisotopic (exact) mass is 278 g/mol. The standard InChI is InChI=1S/C15H22N2O3/c1-4-12(3)20-14-9-13(5-6-16-14)15(18)17-7-8-19-10-11(17)2/h5-6,9,11-12H,4,7-8,10H2,1-3H3/t11-,12-/m1/s1. The van der Waals surface area contributed by atoms with Crippen LogP contribution in [0.25, 0.3) is 0 Å². The van der Waals surface area contributed by atoms with Crippen molar-refractivity contribution in [1.29, 1.82) is 0 Å². The zero-order chi connectivity index (χ0) is 14.5. The van der Waals surface area contributed by atoms with E-state index >= 15 is 0 Å². The lowest BCUT2D eigenvalue weighted by Crippen LogP contribution is -2.47. The first kappa shape index (κ1) is 14.8. The molecular formula is C15H22N2O3. The van der Waals surface area contributed by atoms with Gasteiger partial charge in [-0.15, -0.1) is 0 Å². The highest BCUT2D eigenvalue weighted by Crippen LogP contribution is 2.16. The molecule has 2 rings (SSSR count). The van der Waals surface area contributed by atoms with Gasteiger partial charge >= 0.3 is 0 Å². The fourth-order valence-corrected chi connectivity index (χ4v) is 2.09. The van der Waals surface area contributed by atoms with Gasteiger partial charge in [-0.3, -0.25) is 4.79 Å². The number of hydrogen-bond acceptors (Lipinski definition) is 4. The molecule has 1 fully saturated rings. The second-order valence-corrected chi connectivity index (χ2v) is 5.14. The Labute approximate surface area is 119 Å². The number of morpholine rings is 1. The first-order valence-electron chi connectivity index (χ1n) is 7.13. The molecule has 20 heavy (non-hydrogen) atoms. The Morgan fingerprint density at radius 1 is 1.65 bits per heavy atom. The van der Waals surface area contributed by atoms with Crippen molar-refractivity contribution in [3.8, 4) is 5.88 Å². The van der Waals surface area contributed by atoms with Crippen LogP contribution in [0.15, 0.2) is 18.3 Å². The van der Waals surface area contributed by atoms with Crippen LogP contribution in [-0.4, -0.2) is 47.7 Å². The Morgan fingerprint density at radius 3 is 3.15 bits per heavy atom. The van der Waals surface area contributed by atoms with Gasteiger partial charge in [0.25, 0.3) is 5.91 Å². The van der Waals surface area contributed by atoms with Gasteiger partial charge in [0, 0.05) is 24.4 Å². The van der Waals surface area contributed by atoms with Gasteiger partial charge in [0.2, 0.25) is 5.88 Å². The van der Waals surface area contributed by atoms with Crippen LogP contribution in [0.2, 0.25) is 0 Å². The van der Waals surface area contributed by atoms with Crippen molar-refractivity contribution in [2.24, 2.45) is 0 Å². The van der Waals surface area contributed by atoms with Gasteiger partial charge in [0.05, 0.1) is 25.4 Å². The third-order valence-electron chi connectivity index (χ3n) is 3.51. The molecule has 0 radical (unpaired) electrons. The normalized spacial score (nSPS) is 20.6. The van der Waals surface area contributed by atoms with Gasteiger partial charge in [0.1, 0.15) is 0 Å². The molecule has 0 unspecified atom stereocenters. The molecule has 0 spiro atoms. The molecule has 110 valence electrons. The highest BCUT2D eigenvalue weighted by molar-refractivity contribution is 5.94. The molecule has 1 aromatic heterocycles. The summed E-state index contributed by atoms with van der Waals surface area (Å²) in [6.45, 7) is 7.85. The molecule has 2 heterocycles. The SMILES string of the molecule is CC[C@@H](C)Oc1cc(C(=O)N2CCOC[C@H]2C)ccn1. The van der Waals surface area contributed by atoms with Gasteiger partial charge in [-0.1, -0.05) is 6.92 Å². The topological polar surface area (TPSA) is 51.7 Å². The van der Waals surface area contributed by atoms with Crippen LogP contribution < -0.4 is 4.74 Å². The Morgan fingerprint density at radius 2 is 2.45 bits per heavy atom. The van der Waals surface area contributed by atoms with E-state index in [-0.39, 0.29) is 18.1 Å². The molecule has 0 aromatic carbocycles. The molecule has 0 aliphatic carbocycles. The Balaban J connectivity index is 2.11. The zero-order valence-electron chi connectivity index (χ0n) is 12.3. The summed E-state index contributed by atoms with van der Waals surface area (Å²) in [5.41, 5.74) is 0.618. The number of aromatic nitrogens is 1. The fraction of sp³-hybridized carbons (Fsp3) is 0.600. The number of pyridine rings is 1. The Hall–Kier alpha value is -1.62. The minimum Gasteiger partial charge on any atom is -0.475 e. The van der Waals surface area contributed by atoms with Crippen LogP contribution >= 0.6 is 0 Å². The van der Waals surface area contributed by atoms with E-state index in [1.807, 2.05) is 18.7 Å². The smallest absolute Gasteiger partial charge is 0.254 e. The molecule has 1 amide bonds. The van der Waals surface area contributed by atoms with E-state index in [9.17, 15) is 4.79 Å². The highest BCUT2D eigenvalue weighted by Gasteiger charge is 2.25. The van der Waals surface area contributed by atoms with Gasteiger partial charge in [-0.2, -0.15) is 0 Å². The maximum absolute atomic E-state index is 12.5. The Kier molecular flexibility index (Phi) is 4.95. The van der Waals surface area contributed by atoms with Crippen molar-refractivity contribution in [3.05, 3.63) is 23.9 Å². The minimum atomic E-state index is 0.0113. The molecule has 0 saturated carbocycles. The van der Waals surface area contributed by atoms with Crippen molar-refractivity contribution < 1.29 is 14.3 Å². The zero-order valence-corrected chi connectivity index (χ0v) is 12.3. The number of nitrogens with zero attached hydrogens (tertiary/aromatic N) is 2. The Bertz CT molecular complexity index is 464. The molecule has 1 aromatic rings. The number of rotatable bonds is 4. The minimum absolute atomic E-state index is 0.0113. The summed E-state index contributed by atoms with van der Waals surface area (Å²) in [6, 6.07) is 3.55. The van der Waals surface area contributed by atoms with Gasteiger partial charge in [-0.05, 0) is 26.3 Å². The number of carbonyl (C=O) groups excluding carboxylic acids is 1. The molecule has 1 saturated heterocycles. The summed E-state index contributed by atoms with van der Waals surface area (Å²) in [5.74, 6) is 0.517. The number of ether oxygens (including phenoxy) is 2. The second kappa shape index (κ2) is 6.70. The average molecular weight is 278 g/mol. The van der Waals surface area contributed by atoms with Gasteiger partial charge < -0.3 is 14.4 Å². The summed E-state index contributed by atoms with van der Waals surface area (Å²) < 4.78 is 11.0. The molecule has 0 bridgehead atoms. The lowest BCUT2D eigenvalue weighted by atomic mass is 10.2. The van der Waals surface area contributed by atoms with E-state index in [1.165, 1.54) is 0 Å². The van der Waals surface area contributed by atoms with Crippen molar-refractivity contribution in [3.63, 3.8) is 0 Å². The number of hydrogen-bond donors (Lipinski definition) is 0. The third-order valence-corrected chi connectivity index (χ3v) is 3.51. The van der Waals surface area contributed by atoms with E-state index in [2.05, 4.69) is 11.9 Å². The molecule has 1 aliphatic rings. The number of carbonyl (C=O) groups is 1. The largest absolute Gasteiger partial charge is 0.475 e. The van der Waals surface area contributed by atoms with Crippen LogP contribution in [-0.2, 0) is 4.74 Å². The average Bonchev–Trinajstić information content (AvgIpc) is 2.47. The molecule has 1 aliphatic heterocycles. The van der Waals surface area contributed by atoms with Crippen LogP contribution in [0.3, 0.4) is 0 Å². The summed E-state index contributed by atoms with van der Waals surface area (Å²) >= 11 is 0. The van der Waals surface area contributed by atoms with Crippen molar-refractivity contribution in [2.45, 2.75) is 39.3 Å². The van der Waals surface area contributed by atoms with Crippen LogP contribution in [0.4, 0.5) is 0 Å². The van der Waals surface area contributed by atoms with E-state index in [4.69, 9.17) is 9.47 Å². The maximum Gasteiger partial charge on any atom is 0.254 e. The summed E-state index contributed by atoms with van der Waals surface area (Å²) in [6.07, 6.45) is 2.62. The number of amides is 1. The third kappa shape index (κ3) is 3.48. The quantitative estimate of drug-likeness (QED) is 0.846. The van der Waals surface area contributed by atoms with E-state index in [1.54, 1.807) is 18.3 Å². The van der Waals surface area contributed by atoms with E-state index in [0.29, 0.717) is 31.2 Å². The van der Waals surface area contributed by atoms with E-state index in [0.717, 1.165) is 6.42 Å². The maximum atomic E-state index is 12.5. The first-order valence-corrected chi connectivity index (χ1v) is 7.13. The summed E-state index contributed by atoms with van der Waals surface area (Å²) in [4.78, 5) is 18.5. The summed E-state index contributed by atoms with van der Waals surface area (Å²) in [5, 5.41) is 0. The van der Waals surface area contributed by atoms with Gasteiger partial charge in [0.15, 0.2) is 0 Å². The molecule has 5 heteroatoms. The van der Waals surface area contributed by atoms with Crippen LogP contribution in [0, 0.1) is 0 Å². The summed E-state index contributed by atoms with van der Waals surface area (Å²) in [7, 11) is 0. The van der Waals surface area contributed by atoms with Crippen LogP contribution in [0.1, 0.15) is 37.6 Å². The lowest BCUT2D eigenvalue weighted by Gasteiger charge is -2.33. The molecule has 5 nitrogen and oxygen atoms in total. The second-order valence-electron chi connectivity index (χ2n) is 5.14. The highest BCUT2D eigenvalue weighted by atomic mass is 16.5. The first-order chi connectivity index (χ1) is 9.61. The van der Waals surface area contributed by atoms with Crippen molar-refractivity contribution >= 4 is 5.91 Å². The fourth-order valence-electron chi connectivity index (χ4n) is 2.09. The molecular weight excluding hydrogens is 256 g/mol. The predicted molar refractivity (Wildman–Crippen MR) is 75.9 cm³/mol. The van der Waals surface area contributed by atoms with E-state index < -0.39 is 0 Å². The van der Waals surface area contributed by atoms with Crippen molar-refractivity contribution in [2.75, 3.05) is 19.8 Å².